The van der Waals surface area contributed by atoms with Gasteiger partial charge in [0.1, 0.15) is 17.9 Å². The number of hydrogen-bond donors (Lipinski definition) is 2. The van der Waals surface area contributed by atoms with E-state index in [1.54, 1.807) is 18.2 Å². The van der Waals surface area contributed by atoms with Crippen LogP contribution in [0.2, 0.25) is 5.02 Å². The van der Waals surface area contributed by atoms with Gasteiger partial charge in [-0.25, -0.2) is 0 Å². The molecule has 3 rings (SSSR count). The molecular weight excluding hydrogens is 516 g/mol. The standard InChI is InChI=1S/C31H37ClN2O5/c1-22(15-16-23-10-5-3-6-11-23)27-12-9-13-29(35)34-26(21-24-17-18-28(38-2)25(32)20-24)31(37)33-19-8-4-7-14-30(36)39-27/h3,5-6,9-11,13,15-18,20,22,26-27H,4,7-8,12,14,19,21H2,1-2H3,(H,33,37)(H,34,35)/b13-9+,16-15+/t22-,26?,27?/m1/s1. The Balaban J connectivity index is 1.73. The van der Waals surface area contributed by atoms with Gasteiger partial charge in [-0.05, 0) is 42.2 Å². The summed E-state index contributed by atoms with van der Waals surface area (Å²) in [7, 11) is 1.54. The van der Waals surface area contributed by atoms with Crippen LogP contribution in [0.25, 0.3) is 6.08 Å². The number of methoxy groups -OCH3 is 1. The summed E-state index contributed by atoms with van der Waals surface area (Å²) in [5.41, 5.74) is 1.85. The van der Waals surface area contributed by atoms with Crippen LogP contribution in [0.3, 0.4) is 0 Å². The maximum absolute atomic E-state index is 13.0. The minimum atomic E-state index is -0.777. The summed E-state index contributed by atoms with van der Waals surface area (Å²) in [4.78, 5) is 38.3. The lowest BCUT2D eigenvalue weighted by atomic mass is 9.99. The maximum Gasteiger partial charge on any atom is 0.306 e. The minimum absolute atomic E-state index is 0.0703. The molecule has 0 fully saturated rings. The van der Waals surface area contributed by atoms with E-state index >= 15 is 0 Å². The molecule has 2 aromatic carbocycles. The normalized spacial score (nSPS) is 21.5. The van der Waals surface area contributed by atoms with Crippen molar-refractivity contribution in [3.8, 4) is 5.75 Å². The van der Waals surface area contributed by atoms with Crippen molar-refractivity contribution in [3.05, 3.63) is 82.9 Å². The molecule has 0 aliphatic carbocycles. The predicted octanol–water partition coefficient (Wildman–Crippen LogP) is 5.27. The van der Waals surface area contributed by atoms with Crippen molar-refractivity contribution in [2.75, 3.05) is 13.7 Å². The van der Waals surface area contributed by atoms with E-state index in [0.717, 1.165) is 17.5 Å². The van der Waals surface area contributed by atoms with Crippen LogP contribution in [0.4, 0.5) is 0 Å². The average molecular weight is 553 g/mol. The molecule has 8 heteroatoms. The fourth-order valence-corrected chi connectivity index (χ4v) is 4.55. The number of halogens is 1. The lowest BCUT2D eigenvalue weighted by molar-refractivity contribution is -0.150. The topological polar surface area (TPSA) is 93.7 Å². The second kappa shape index (κ2) is 15.7. The van der Waals surface area contributed by atoms with Gasteiger partial charge in [-0.2, -0.15) is 0 Å². The summed E-state index contributed by atoms with van der Waals surface area (Å²) in [6, 6.07) is 14.4. The lowest BCUT2D eigenvalue weighted by Crippen LogP contribution is -2.47. The number of amides is 2. The molecule has 2 N–H and O–H groups in total. The quantitative estimate of drug-likeness (QED) is 0.476. The number of hydrogen-bond acceptors (Lipinski definition) is 5. The highest BCUT2D eigenvalue weighted by atomic mass is 35.5. The van der Waals surface area contributed by atoms with Crippen molar-refractivity contribution < 1.29 is 23.9 Å². The van der Waals surface area contributed by atoms with Crippen molar-refractivity contribution in [3.63, 3.8) is 0 Å². The molecule has 1 aliphatic heterocycles. The van der Waals surface area contributed by atoms with Gasteiger partial charge in [0.05, 0.1) is 12.1 Å². The van der Waals surface area contributed by atoms with Gasteiger partial charge in [0, 0.05) is 31.7 Å². The molecule has 3 atom stereocenters. The summed E-state index contributed by atoms with van der Waals surface area (Å²) >= 11 is 6.26. The van der Waals surface area contributed by atoms with Crippen LogP contribution in [0, 0.1) is 5.92 Å². The van der Waals surface area contributed by atoms with Gasteiger partial charge in [0.2, 0.25) is 11.8 Å². The third-order valence-electron chi connectivity index (χ3n) is 6.54. The van der Waals surface area contributed by atoms with Crippen molar-refractivity contribution >= 4 is 35.5 Å². The van der Waals surface area contributed by atoms with Crippen molar-refractivity contribution in [2.24, 2.45) is 5.92 Å². The van der Waals surface area contributed by atoms with Gasteiger partial charge in [0.15, 0.2) is 0 Å². The van der Waals surface area contributed by atoms with Crippen molar-refractivity contribution in [2.45, 2.75) is 57.6 Å². The molecule has 2 aromatic rings. The van der Waals surface area contributed by atoms with Crippen LogP contribution in [-0.2, 0) is 25.5 Å². The van der Waals surface area contributed by atoms with Crippen LogP contribution >= 0.6 is 11.6 Å². The zero-order chi connectivity index (χ0) is 28.0. The van der Waals surface area contributed by atoms with Crippen LogP contribution in [-0.4, -0.2) is 43.6 Å². The summed E-state index contributed by atoms with van der Waals surface area (Å²) < 4.78 is 11.0. The predicted molar refractivity (Wildman–Crippen MR) is 153 cm³/mol. The van der Waals surface area contributed by atoms with E-state index in [9.17, 15) is 14.4 Å². The summed E-state index contributed by atoms with van der Waals surface area (Å²) in [6.45, 7) is 2.44. The van der Waals surface area contributed by atoms with E-state index in [2.05, 4.69) is 10.6 Å². The van der Waals surface area contributed by atoms with Crippen molar-refractivity contribution in [1.29, 1.82) is 0 Å². The van der Waals surface area contributed by atoms with Gasteiger partial charge in [-0.3, -0.25) is 14.4 Å². The molecule has 0 bridgehead atoms. The van der Waals surface area contributed by atoms with Gasteiger partial charge >= 0.3 is 5.97 Å². The van der Waals surface area contributed by atoms with Gasteiger partial charge in [0.25, 0.3) is 0 Å². The first-order valence-corrected chi connectivity index (χ1v) is 13.7. The molecular formula is C31H37ClN2O5. The fraction of sp³-hybridized carbons (Fsp3) is 0.387. The Morgan fingerprint density at radius 2 is 1.90 bits per heavy atom. The zero-order valence-corrected chi connectivity index (χ0v) is 23.3. The van der Waals surface area contributed by atoms with Crippen molar-refractivity contribution in [1.82, 2.24) is 10.6 Å². The SMILES string of the molecule is COc1ccc(CC2NC(=O)/C=C/CC([C@H](C)/C=C/c3ccccc3)OC(=O)CCCCCNC2=O)cc1Cl. The molecule has 0 saturated carbocycles. The minimum Gasteiger partial charge on any atom is -0.495 e. The zero-order valence-electron chi connectivity index (χ0n) is 22.5. The Bertz CT molecular complexity index is 1160. The number of carbonyl (C=O) groups excluding carboxylic acids is 3. The number of cyclic esters (lactones) is 1. The molecule has 1 heterocycles. The lowest BCUT2D eigenvalue weighted by Gasteiger charge is -2.22. The second-order valence-electron chi connectivity index (χ2n) is 9.63. The summed E-state index contributed by atoms with van der Waals surface area (Å²) in [5.74, 6) is -0.462. The molecule has 0 aromatic heterocycles. The highest BCUT2D eigenvalue weighted by Gasteiger charge is 2.22. The monoisotopic (exact) mass is 552 g/mol. The smallest absolute Gasteiger partial charge is 0.306 e. The van der Waals surface area contributed by atoms with Crippen LogP contribution in [0.15, 0.2) is 66.8 Å². The third-order valence-corrected chi connectivity index (χ3v) is 6.84. The van der Waals surface area contributed by atoms with Gasteiger partial charge in [-0.1, -0.05) is 79.6 Å². The first-order valence-electron chi connectivity index (χ1n) is 13.4. The number of rotatable bonds is 6. The Kier molecular flexibility index (Phi) is 12.1. The second-order valence-corrected chi connectivity index (χ2v) is 10.0. The van der Waals surface area contributed by atoms with E-state index in [1.807, 2.05) is 55.5 Å². The first-order chi connectivity index (χ1) is 18.9. The maximum atomic E-state index is 13.0. The molecule has 0 saturated heterocycles. The molecule has 208 valence electrons. The van der Waals surface area contributed by atoms with E-state index in [4.69, 9.17) is 21.1 Å². The summed E-state index contributed by atoms with van der Waals surface area (Å²) in [5, 5.41) is 6.14. The number of nitrogens with one attached hydrogen (secondary N) is 2. The number of carbonyl (C=O) groups is 3. The highest BCUT2D eigenvalue weighted by Crippen LogP contribution is 2.25. The van der Waals surface area contributed by atoms with E-state index < -0.39 is 18.1 Å². The summed E-state index contributed by atoms with van der Waals surface area (Å²) in [6.07, 6.45) is 9.79. The van der Waals surface area contributed by atoms with E-state index in [-0.39, 0.29) is 24.2 Å². The number of esters is 1. The van der Waals surface area contributed by atoms with E-state index in [1.165, 1.54) is 13.2 Å². The molecule has 0 radical (unpaired) electrons. The Morgan fingerprint density at radius 3 is 2.64 bits per heavy atom. The molecule has 2 unspecified atom stereocenters. The van der Waals surface area contributed by atoms with Crippen LogP contribution in [0.1, 0.15) is 50.2 Å². The first kappa shape index (κ1) is 30.0. The van der Waals surface area contributed by atoms with Gasteiger partial charge < -0.3 is 20.1 Å². The molecule has 7 nitrogen and oxygen atoms in total. The Morgan fingerprint density at radius 1 is 1.10 bits per heavy atom. The van der Waals surface area contributed by atoms with E-state index in [0.29, 0.717) is 43.0 Å². The third kappa shape index (κ3) is 10.2. The fourth-order valence-electron chi connectivity index (χ4n) is 4.27. The largest absolute Gasteiger partial charge is 0.495 e. The Labute approximate surface area is 235 Å². The van der Waals surface area contributed by atoms with Gasteiger partial charge in [-0.15, -0.1) is 0 Å². The molecule has 1 aliphatic rings. The molecule has 2 amide bonds. The number of ether oxygens (including phenoxy) is 2. The number of benzene rings is 2. The van der Waals surface area contributed by atoms with Crippen LogP contribution < -0.4 is 15.4 Å². The molecule has 39 heavy (non-hydrogen) atoms. The average Bonchev–Trinajstić information content (AvgIpc) is 2.92. The highest BCUT2D eigenvalue weighted by molar-refractivity contribution is 6.32. The van der Waals surface area contributed by atoms with Crippen LogP contribution in [0.5, 0.6) is 5.75 Å². The Hall–Kier alpha value is -3.58. The molecule has 0 spiro atoms.